The van der Waals surface area contributed by atoms with Crippen LogP contribution in [0.15, 0.2) is 60.2 Å². The van der Waals surface area contributed by atoms with Crippen molar-refractivity contribution in [1.29, 1.82) is 0 Å². The fourth-order valence-corrected chi connectivity index (χ4v) is 2.87. The normalized spacial score (nSPS) is 20.9. The van der Waals surface area contributed by atoms with Gasteiger partial charge in [-0.15, -0.1) is 0 Å². The summed E-state index contributed by atoms with van der Waals surface area (Å²) in [5.41, 5.74) is 3.70. The zero-order valence-corrected chi connectivity index (χ0v) is 13.4. The topological polar surface area (TPSA) is 42.9 Å². The summed E-state index contributed by atoms with van der Waals surface area (Å²) in [6.45, 7) is 1.46. The summed E-state index contributed by atoms with van der Waals surface area (Å²) in [5, 5.41) is 0. The number of pyridine rings is 2. The SMILES string of the molecule is C[N+]1(C)C/C(=C\c2ccncc2)C(=O)/C(=C/c2ccncc2)C1. The van der Waals surface area contributed by atoms with Crippen molar-refractivity contribution in [1.82, 2.24) is 9.97 Å². The lowest BCUT2D eigenvalue weighted by molar-refractivity contribution is -0.881. The van der Waals surface area contributed by atoms with E-state index in [0.29, 0.717) is 0 Å². The number of likely N-dealkylation sites (N-methyl/N-ethyl adjacent to an activating group) is 1. The van der Waals surface area contributed by atoms with Crippen molar-refractivity contribution in [3.8, 4) is 0 Å². The Morgan fingerprint density at radius 3 is 1.61 bits per heavy atom. The van der Waals surface area contributed by atoms with Crippen LogP contribution in [-0.2, 0) is 4.79 Å². The maximum atomic E-state index is 12.8. The van der Waals surface area contributed by atoms with E-state index >= 15 is 0 Å². The third kappa shape index (κ3) is 3.79. The van der Waals surface area contributed by atoms with Gasteiger partial charge in [-0.25, -0.2) is 0 Å². The molecule has 0 atom stereocenters. The Bertz CT molecular complexity index is 698. The van der Waals surface area contributed by atoms with Crippen LogP contribution in [-0.4, -0.2) is 47.4 Å². The largest absolute Gasteiger partial charge is 0.321 e. The van der Waals surface area contributed by atoms with Gasteiger partial charge in [0.1, 0.15) is 13.1 Å². The van der Waals surface area contributed by atoms with Crippen LogP contribution in [0.25, 0.3) is 12.2 Å². The number of rotatable bonds is 2. The van der Waals surface area contributed by atoms with Crippen LogP contribution in [0.4, 0.5) is 0 Å². The van der Waals surface area contributed by atoms with Crippen molar-refractivity contribution in [2.45, 2.75) is 0 Å². The van der Waals surface area contributed by atoms with Gasteiger partial charge in [-0.05, 0) is 47.5 Å². The number of piperidine rings is 1. The highest BCUT2D eigenvalue weighted by Crippen LogP contribution is 2.24. The fraction of sp³-hybridized carbons (Fsp3) is 0.211. The molecule has 1 aliphatic heterocycles. The van der Waals surface area contributed by atoms with Gasteiger partial charge in [0.05, 0.1) is 25.2 Å². The molecule has 0 bridgehead atoms. The van der Waals surface area contributed by atoms with Crippen molar-refractivity contribution in [2.75, 3.05) is 27.2 Å². The van der Waals surface area contributed by atoms with Crippen molar-refractivity contribution >= 4 is 17.9 Å². The second-order valence-corrected chi connectivity index (χ2v) is 6.48. The van der Waals surface area contributed by atoms with Crippen LogP contribution in [0.5, 0.6) is 0 Å². The van der Waals surface area contributed by atoms with Gasteiger partial charge in [0.15, 0.2) is 5.78 Å². The lowest BCUT2D eigenvalue weighted by Gasteiger charge is -2.35. The standard InChI is InChI=1S/C19H20N3O/c1-22(2)13-17(11-15-3-7-20-8-4-15)19(23)18(14-22)12-16-5-9-21-10-6-16/h3-12H,13-14H2,1-2H3/q+1/b17-11+,18-12+. The van der Waals surface area contributed by atoms with Crippen LogP contribution < -0.4 is 0 Å². The Morgan fingerprint density at radius 1 is 0.826 bits per heavy atom. The maximum absolute atomic E-state index is 12.8. The second kappa shape index (κ2) is 6.26. The molecule has 116 valence electrons. The monoisotopic (exact) mass is 306 g/mol. The molecule has 0 unspecified atom stereocenters. The number of hydrogen-bond acceptors (Lipinski definition) is 3. The first-order chi connectivity index (χ1) is 11.0. The highest BCUT2D eigenvalue weighted by atomic mass is 16.1. The molecule has 0 aliphatic carbocycles. The first-order valence-electron chi connectivity index (χ1n) is 7.61. The molecule has 1 fully saturated rings. The Labute approximate surface area is 136 Å². The van der Waals surface area contributed by atoms with Crippen molar-refractivity contribution in [3.63, 3.8) is 0 Å². The number of carbonyl (C=O) groups excluding carboxylic acids is 1. The molecule has 1 saturated heterocycles. The van der Waals surface area contributed by atoms with Crippen LogP contribution in [0.3, 0.4) is 0 Å². The number of carbonyl (C=O) groups is 1. The van der Waals surface area contributed by atoms with Crippen molar-refractivity contribution in [2.24, 2.45) is 0 Å². The van der Waals surface area contributed by atoms with E-state index in [9.17, 15) is 4.79 Å². The molecule has 0 saturated carbocycles. The molecule has 0 aromatic carbocycles. The molecule has 4 nitrogen and oxygen atoms in total. The zero-order valence-electron chi connectivity index (χ0n) is 13.4. The third-order valence-electron chi connectivity index (χ3n) is 3.87. The smallest absolute Gasteiger partial charge is 0.196 e. The van der Waals surface area contributed by atoms with E-state index in [1.807, 2.05) is 36.4 Å². The molecule has 0 radical (unpaired) electrons. The van der Waals surface area contributed by atoms with Gasteiger partial charge >= 0.3 is 0 Å². The van der Waals surface area contributed by atoms with Gasteiger partial charge in [0.2, 0.25) is 0 Å². The molecule has 1 aliphatic rings. The molecule has 3 heterocycles. The van der Waals surface area contributed by atoms with Crippen LogP contribution in [0.1, 0.15) is 11.1 Å². The first kappa shape index (κ1) is 15.3. The van der Waals surface area contributed by atoms with E-state index in [-0.39, 0.29) is 5.78 Å². The van der Waals surface area contributed by atoms with E-state index in [1.54, 1.807) is 24.8 Å². The Hall–Kier alpha value is -2.59. The maximum Gasteiger partial charge on any atom is 0.196 e. The highest BCUT2D eigenvalue weighted by Gasteiger charge is 2.33. The zero-order chi connectivity index (χ0) is 16.3. The summed E-state index contributed by atoms with van der Waals surface area (Å²) in [4.78, 5) is 20.9. The quantitative estimate of drug-likeness (QED) is 0.633. The molecular formula is C19H20N3O+. The van der Waals surface area contributed by atoms with Crippen LogP contribution in [0.2, 0.25) is 0 Å². The number of likely N-dealkylation sites (tertiary alicyclic amines) is 1. The van der Waals surface area contributed by atoms with Gasteiger partial charge in [-0.3, -0.25) is 14.8 Å². The molecule has 2 aromatic rings. The minimum atomic E-state index is 0.135. The number of hydrogen-bond donors (Lipinski definition) is 0. The number of Topliss-reactive ketones (excluding diaryl/α,β-unsaturated/α-hetero) is 1. The molecule has 23 heavy (non-hydrogen) atoms. The van der Waals surface area contributed by atoms with E-state index in [2.05, 4.69) is 24.1 Å². The average molecular weight is 306 g/mol. The number of quaternary nitrogens is 1. The number of nitrogens with zero attached hydrogens (tertiary/aromatic N) is 3. The predicted octanol–water partition coefficient (Wildman–Crippen LogP) is 2.60. The van der Waals surface area contributed by atoms with Gasteiger partial charge in [0.25, 0.3) is 0 Å². The molecule has 0 N–H and O–H groups in total. The second-order valence-electron chi connectivity index (χ2n) is 6.48. The summed E-state index contributed by atoms with van der Waals surface area (Å²) in [6, 6.07) is 7.67. The molecular weight excluding hydrogens is 286 g/mol. The number of aromatic nitrogens is 2. The van der Waals surface area contributed by atoms with E-state index in [4.69, 9.17) is 0 Å². The van der Waals surface area contributed by atoms with Crippen molar-refractivity contribution < 1.29 is 9.28 Å². The van der Waals surface area contributed by atoms with Gasteiger partial charge in [0, 0.05) is 24.8 Å². The van der Waals surface area contributed by atoms with Gasteiger partial charge in [-0.2, -0.15) is 0 Å². The van der Waals surface area contributed by atoms with E-state index in [1.165, 1.54) is 0 Å². The average Bonchev–Trinajstić information content (AvgIpc) is 2.53. The third-order valence-corrected chi connectivity index (χ3v) is 3.87. The molecule has 2 aromatic heterocycles. The fourth-order valence-electron chi connectivity index (χ4n) is 2.87. The summed E-state index contributed by atoms with van der Waals surface area (Å²) < 4.78 is 0.763. The van der Waals surface area contributed by atoms with Gasteiger partial charge in [-0.1, -0.05) is 0 Å². The Balaban J connectivity index is 1.98. The van der Waals surface area contributed by atoms with E-state index < -0.39 is 0 Å². The lowest BCUT2D eigenvalue weighted by atomic mass is 9.93. The molecule has 0 amide bonds. The van der Waals surface area contributed by atoms with Gasteiger partial charge < -0.3 is 4.48 Å². The highest BCUT2D eigenvalue weighted by molar-refractivity contribution is 6.14. The minimum Gasteiger partial charge on any atom is -0.321 e. The summed E-state index contributed by atoms with van der Waals surface area (Å²) in [5.74, 6) is 0.135. The molecule has 4 heteroatoms. The number of ketones is 1. The summed E-state index contributed by atoms with van der Waals surface area (Å²) in [7, 11) is 4.29. The van der Waals surface area contributed by atoms with Crippen LogP contribution >= 0.6 is 0 Å². The molecule has 3 rings (SSSR count). The minimum absolute atomic E-state index is 0.135. The summed E-state index contributed by atoms with van der Waals surface area (Å²) >= 11 is 0. The van der Waals surface area contributed by atoms with Crippen LogP contribution in [0, 0.1) is 0 Å². The first-order valence-corrected chi connectivity index (χ1v) is 7.61. The van der Waals surface area contributed by atoms with Crippen molar-refractivity contribution in [3.05, 3.63) is 71.3 Å². The lowest BCUT2D eigenvalue weighted by Crippen LogP contribution is -2.48. The summed E-state index contributed by atoms with van der Waals surface area (Å²) in [6.07, 6.45) is 10.9. The Morgan fingerprint density at radius 2 is 1.22 bits per heavy atom. The predicted molar refractivity (Wildman–Crippen MR) is 91.3 cm³/mol. The Kier molecular flexibility index (Phi) is 4.17. The molecule has 0 spiro atoms. The van der Waals surface area contributed by atoms with E-state index in [0.717, 1.165) is 39.8 Å².